The highest BCUT2D eigenvalue weighted by molar-refractivity contribution is 5.77. The predicted molar refractivity (Wildman–Crippen MR) is 112 cm³/mol. The summed E-state index contributed by atoms with van der Waals surface area (Å²) in [6, 6.07) is 4.26. The van der Waals surface area contributed by atoms with Gasteiger partial charge in [-0.25, -0.2) is 9.18 Å². The smallest absolute Gasteiger partial charge is 0.417 e. The molecule has 2 N–H and O–H groups in total. The van der Waals surface area contributed by atoms with Crippen molar-refractivity contribution in [3.8, 4) is 16.9 Å². The number of halogens is 4. The van der Waals surface area contributed by atoms with Crippen LogP contribution in [0.2, 0.25) is 0 Å². The number of aliphatic carboxylic acids is 1. The largest absolute Gasteiger partial charge is 0.496 e. The summed E-state index contributed by atoms with van der Waals surface area (Å²) < 4.78 is 66.4. The van der Waals surface area contributed by atoms with Gasteiger partial charge in [-0.15, -0.1) is 0 Å². The van der Waals surface area contributed by atoms with Crippen LogP contribution in [0, 0.1) is 12.7 Å². The van der Waals surface area contributed by atoms with Gasteiger partial charge in [-0.2, -0.15) is 13.2 Å². The number of methoxy groups -OCH3 is 1. The van der Waals surface area contributed by atoms with Gasteiger partial charge in [0.1, 0.15) is 17.2 Å². The summed E-state index contributed by atoms with van der Waals surface area (Å²) in [5.41, 5.74) is -2.63. The molecule has 0 aliphatic heterocycles. The van der Waals surface area contributed by atoms with E-state index in [0.29, 0.717) is 0 Å². The van der Waals surface area contributed by atoms with E-state index in [0.717, 1.165) is 12.1 Å². The Hall–Kier alpha value is -3.30. The quantitative estimate of drug-likeness (QED) is 0.515. The molecule has 1 unspecified atom stereocenters. The van der Waals surface area contributed by atoms with Gasteiger partial charge in [-0.1, -0.05) is 6.07 Å². The molecule has 0 saturated carbocycles. The highest BCUT2D eigenvalue weighted by Crippen LogP contribution is 2.43. The van der Waals surface area contributed by atoms with Crippen LogP contribution in [0.3, 0.4) is 0 Å². The molecule has 33 heavy (non-hydrogen) atoms. The summed E-state index contributed by atoms with van der Waals surface area (Å²) in [5.74, 6) is -2.31. The minimum Gasteiger partial charge on any atom is -0.496 e. The average molecular weight is 471 g/mol. The Bertz CT molecular complexity index is 1040. The molecule has 0 bridgehead atoms. The Morgan fingerprint density at radius 1 is 1.15 bits per heavy atom. The topological polar surface area (TPSA) is 84.9 Å². The maximum atomic E-state index is 15.1. The third kappa shape index (κ3) is 6.59. The Morgan fingerprint density at radius 3 is 2.30 bits per heavy atom. The first-order valence-corrected chi connectivity index (χ1v) is 9.90. The van der Waals surface area contributed by atoms with Crippen molar-refractivity contribution in [2.24, 2.45) is 0 Å². The summed E-state index contributed by atoms with van der Waals surface area (Å²) >= 11 is 0. The van der Waals surface area contributed by atoms with E-state index in [4.69, 9.17) is 9.47 Å². The summed E-state index contributed by atoms with van der Waals surface area (Å²) in [6.45, 7) is 6.09. The van der Waals surface area contributed by atoms with Crippen molar-refractivity contribution in [2.45, 2.75) is 51.9 Å². The van der Waals surface area contributed by atoms with Crippen molar-refractivity contribution in [1.29, 1.82) is 0 Å². The van der Waals surface area contributed by atoms with Crippen LogP contribution < -0.4 is 10.1 Å². The molecule has 0 radical (unpaired) electrons. The van der Waals surface area contributed by atoms with Crippen molar-refractivity contribution in [3.63, 3.8) is 0 Å². The van der Waals surface area contributed by atoms with Gasteiger partial charge in [-0.05, 0) is 63.1 Å². The van der Waals surface area contributed by atoms with Crippen LogP contribution >= 0.6 is 0 Å². The first-order valence-electron chi connectivity index (χ1n) is 9.90. The van der Waals surface area contributed by atoms with Crippen LogP contribution in [-0.4, -0.2) is 29.9 Å². The number of hydrogen-bond donors (Lipinski definition) is 2. The van der Waals surface area contributed by atoms with E-state index in [2.05, 4.69) is 5.32 Å². The van der Waals surface area contributed by atoms with Crippen molar-refractivity contribution in [3.05, 3.63) is 52.8 Å². The SMILES string of the molecule is COc1cccc(C(F)(F)F)c1-c1cc(C)c(F)c(C(CC(=O)O)NC(=O)OC(C)(C)C)c1. The zero-order valence-corrected chi connectivity index (χ0v) is 18.8. The third-order valence-electron chi connectivity index (χ3n) is 4.57. The van der Waals surface area contributed by atoms with Crippen LogP contribution in [0.4, 0.5) is 22.4 Å². The Labute approximate surface area is 188 Å². The fourth-order valence-electron chi connectivity index (χ4n) is 3.29. The summed E-state index contributed by atoms with van der Waals surface area (Å²) in [7, 11) is 1.20. The first-order chi connectivity index (χ1) is 15.1. The molecule has 0 aromatic heterocycles. The van der Waals surface area contributed by atoms with Crippen molar-refractivity contribution >= 4 is 12.1 Å². The fourth-order valence-corrected chi connectivity index (χ4v) is 3.29. The normalized spacial score (nSPS) is 12.8. The number of hydrogen-bond acceptors (Lipinski definition) is 4. The molecular weight excluding hydrogens is 446 g/mol. The van der Waals surface area contributed by atoms with Crippen molar-refractivity contribution in [1.82, 2.24) is 5.32 Å². The van der Waals surface area contributed by atoms with Crippen molar-refractivity contribution < 1.29 is 41.7 Å². The lowest BCUT2D eigenvalue weighted by Gasteiger charge is -2.24. The number of alkyl carbamates (subject to hydrolysis) is 1. The van der Waals surface area contributed by atoms with Gasteiger partial charge < -0.3 is 19.9 Å². The molecule has 10 heteroatoms. The van der Waals surface area contributed by atoms with Gasteiger partial charge in [0.2, 0.25) is 0 Å². The summed E-state index contributed by atoms with van der Waals surface area (Å²) in [6.07, 6.45) is -6.46. The van der Waals surface area contributed by atoms with E-state index in [9.17, 15) is 27.9 Å². The molecule has 1 amide bonds. The minimum atomic E-state index is -4.73. The number of carbonyl (C=O) groups excluding carboxylic acids is 1. The lowest BCUT2D eigenvalue weighted by Crippen LogP contribution is -2.36. The van der Waals surface area contributed by atoms with Crippen LogP contribution in [0.5, 0.6) is 5.75 Å². The Morgan fingerprint density at radius 2 is 1.79 bits per heavy atom. The molecule has 2 aromatic carbocycles. The van der Waals surface area contributed by atoms with Crippen LogP contribution in [0.1, 0.15) is 49.9 Å². The number of amides is 1. The molecule has 0 saturated heterocycles. The number of rotatable bonds is 6. The number of nitrogens with one attached hydrogen (secondary N) is 1. The highest BCUT2D eigenvalue weighted by atomic mass is 19.4. The lowest BCUT2D eigenvalue weighted by atomic mass is 9.91. The molecular formula is C23H25F4NO5. The van der Waals surface area contributed by atoms with Gasteiger partial charge in [0.05, 0.1) is 25.1 Å². The second-order valence-electron chi connectivity index (χ2n) is 8.37. The van der Waals surface area contributed by atoms with Crippen LogP contribution in [0.25, 0.3) is 11.1 Å². The van der Waals surface area contributed by atoms with Crippen LogP contribution in [-0.2, 0) is 15.7 Å². The average Bonchev–Trinajstić information content (AvgIpc) is 2.66. The summed E-state index contributed by atoms with van der Waals surface area (Å²) in [5, 5.41) is 11.6. The third-order valence-corrected chi connectivity index (χ3v) is 4.57. The fraction of sp³-hybridized carbons (Fsp3) is 0.391. The molecule has 180 valence electrons. The van der Waals surface area contributed by atoms with E-state index in [1.165, 1.54) is 32.2 Å². The molecule has 2 aromatic rings. The highest BCUT2D eigenvalue weighted by Gasteiger charge is 2.36. The number of benzene rings is 2. The number of carboxylic acids is 1. The first kappa shape index (κ1) is 26.0. The monoisotopic (exact) mass is 471 g/mol. The number of carbonyl (C=O) groups is 2. The van der Waals surface area contributed by atoms with E-state index >= 15 is 4.39 Å². The second-order valence-corrected chi connectivity index (χ2v) is 8.37. The molecule has 0 aliphatic rings. The van der Waals surface area contributed by atoms with Gasteiger partial charge in [-0.3, -0.25) is 4.79 Å². The molecule has 0 fully saturated rings. The zero-order valence-electron chi connectivity index (χ0n) is 18.8. The number of aryl methyl sites for hydroxylation is 1. The van der Waals surface area contributed by atoms with Gasteiger partial charge >= 0.3 is 18.2 Å². The number of carboxylic acid groups (broad SMARTS) is 1. The van der Waals surface area contributed by atoms with E-state index in [-0.39, 0.29) is 28.0 Å². The Balaban J connectivity index is 2.69. The standard InChI is InChI=1S/C23H25F4NO5/c1-12-9-13(19-15(23(25,26)27)7-6-8-17(19)32-5)10-14(20(12)24)16(11-18(29)30)28-21(31)33-22(2,3)4/h6-10,16H,11H2,1-5H3,(H,28,31)(H,29,30). The molecule has 0 heterocycles. The van der Waals surface area contributed by atoms with Gasteiger partial charge in [0, 0.05) is 11.1 Å². The maximum Gasteiger partial charge on any atom is 0.417 e. The lowest BCUT2D eigenvalue weighted by molar-refractivity contribution is -0.138. The van der Waals surface area contributed by atoms with E-state index < -0.39 is 47.7 Å². The predicted octanol–water partition coefficient (Wildman–Crippen LogP) is 5.87. The number of ether oxygens (including phenoxy) is 2. The van der Waals surface area contributed by atoms with Crippen LogP contribution in [0.15, 0.2) is 30.3 Å². The van der Waals surface area contributed by atoms with E-state index in [1.54, 1.807) is 20.8 Å². The zero-order chi connectivity index (χ0) is 25.1. The maximum absolute atomic E-state index is 15.1. The van der Waals surface area contributed by atoms with Crippen molar-refractivity contribution in [2.75, 3.05) is 7.11 Å². The van der Waals surface area contributed by atoms with Gasteiger partial charge in [0.25, 0.3) is 0 Å². The number of alkyl halides is 3. The molecule has 0 aliphatic carbocycles. The Kier molecular flexibility index (Phi) is 7.61. The van der Waals surface area contributed by atoms with Gasteiger partial charge in [0.15, 0.2) is 0 Å². The van der Waals surface area contributed by atoms with E-state index in [1.807, 2.05) is 0 Å². The minimum absolute atomic E-state index is 0.0390. The summed E-state index contributed by atoms with van der Waals surface area (Å²) in [4.78, 5) is 23.6. The molecule has 2 rings (SSSR count). The molecule has 6 nitrogen and oxygen atoms in total. The molecule has 0 spiro atoms. The molecule has 1 atom stereocenters. The second kappa shape index (κ2) is 9.68.